The van der Waals surface area contributed by atoms with Crippen molar-refractivity contribution in [1.29, 1.82) is 0 Å². The molecule has 1 aromatic rings. The molecule has 0 atom stereocenters. The second-order valence-electron chi connectivity index (χ2n) is 4.10. The smallest absolute Gasteiger partial charge is 0.337 e. The number of ether oxygens (including phenoxy) is 1. The number of nitrogens with two attached hydrogens (primary N) is 1. The Labute approximate surface area is 105 Å². The predicted molar refractivity (Wildman–Crippen MR) is 64.5 cm³/mol. The van der Waals surface area contributed by atoms with E-state index in [-0.39, 0.29) is 16.5 Å². The van der Waals surface area contributed by atoms with Crippen molar-refractivity contribution in [3.8, 4) is 0 Å². The summed E-state index contributed by atoms with van der Waals surface area (Å²) in [6.07, 6.45) is 0. The fraction of sp³-hybridized carbons (Fsp3) is 0.364. The highest BCUT2D eigenvalue weighted by Gasteiger charge is 2.34. The summed E-state index contributed by atoms with van der Waals surface area (Å²) in [5, 5.41) is 0. The molecule has 0 saturated carbocycles. The number of sulfonamides is 1. The van der Waals surface area contributed by atoms with Gasteiger partial charge in [0.2, 0.25) is 10.0 Å². The van der Waals surface area contributed by atoms with E-state index in [1.807, 2.05) is 0 Å². The van der Waals surface area contributed by atoms with Gasteiger partial charge in [-0.15, -0.1) is 0 Å². The SMILES string of the molecule is COC(=O)c1cccc(S(=O)(=O)N2CC(N)C2)c1. The van der Waals surface area contributed by atoms with Gasteiger partial charge in [-0.25, -0.2) is 13.2 Å². The Morgan fingerprint density at radius 3 is 2.67 bits per heavy atom. The minimum absolute atomic E-state index is 0.0808. The Bertz CT molecular complexity index is 564. The van der Waals surface area contributed by atoms with Crippen LogP contribution in [0.25, 0.3) is 0 Å². The number of methoxy groups -OCH3 is 1. The van der Waals surface area contributed by atoms with Gasteiger partial charge in [0, 0.05) is 19.1 Å². The van der Waals surface area contributed by atoms with Gasteiger partial charge in [0.15, 0.2) is 0 Å². The zero-order chi connectivity index (χ0) is 13.3. The van der Waals surface area contributed by atoms with E-state index in [2.05, 4.69) is 4.74 Å². The van der Waals surface area contributed by atoms with Crippen LogP contribution in [0.2, 0.25) is 0 Å². The number of benzene rings is 1. The van der Waals surface area contributed by atoms with E-state index in [0.29, 0.717) is 13.1 Å². The molecule has 0 spiro atoms. The van der Waals surface area contributed by atoms with Crippen LogP contribution in [0.5, 0.6) is 0 Å². The van der Waals surface area contributed by atoms with Crippen molar-refractivity contribution in [3.05, 3.63) is 29.8 Å². The number of carbonyl (C=O) groups is 1. The maximum Gasteiger partial charge on any atom is 0.337 e. The maximum atomic E-state index is 12.1. The number of esters is 1. The van der Waals surface area contributed by atoms with Gasteiger partial charge in [-0.2, -0.15) is 4.31 Å². The summed E-state index contributed by atoms with van der Waals surface area (Å²) in [6.45, 7) is 0.621. The van der Waals surface area contributed by atoms with Gasteiger partial charge in [-0.05, 0) is 18.2 Å². The van der Waals surface area contributed by atoms with E-state index in [9.17, 15) is 13.2 Å². The summed E-state index contributed by atoms with van der Waals surface area (Å²) in [4.78, 5) is 11.4. The number of hydrogen-bond acceptors (Lipinski definition) is 5. The van der Waals surface area contributed by atoms with E-state index in [1.165, 1.54) is 35.7 Å². The lowest BCUT2D eigenvalue weighted by Crippen LogP contribution is -2.57. The number of nitrogens with zero attached hydrogens (tertiary/aromatic N) is 1. The summed E-state index contributed by atoms with van der Waals surface area (Å²) in [5.74, 6) is -0.563. The fourth-order valence-electron chi connectivity index (χ4n) is 1.72. The molecule has 1 saturated heterocycles. The van der Waals surface area contributed by atoms with Crippen molar-refractivity contribution in [1.82, 2.24) is 4.31 Å². The van der Waals surface area contributed by atoms with Gasteiger partial charge in [-0.1, -0.05) is 6.07 Å². The first-order valence-electron chi connectivity index (χ1n) is 5.39. The molecule has 7 heteroatoms. The molecule has 0 radical (unpaired) electrons. The van der Waals surface area contributed by atoms with Crippen LogP contribution in [0.4, 0.5) is 0 Å². The predicted octanol–water partition coefficient (Wildman–Crippen LogP) is -0.195. The normalized spacial score (nSPS) is 17.2. The summed E-state index contributed by atoms with van der Waals surface area (Å²) < 4.78 is 30.1. The first-order valence-corrected chi connectivity index (χ1v) is 6.83. The van der Waals surface area contributed by atoms with Gasteiger partial charge in [0.05, 0.1) is 17.6 Å². The molecular weight excluding hydrogens is 256 g/mol. The van der Waals surface area contributed by atoms with Crippen molar-refractivity contribution < 1.29 is 17.9 Å². The second-order valence-corrected chi connectivity index (χ2v) is 6.04. The second kappa shape index (κ2) is 4.68. The van der Waals surface area contributed by atoms with Crippen LogP contribution < -0.4 is 5.73 Å². The molecule has 0 aliphatic carbocycles. The van der Waals surface area contributed by atoms with Crippen LogP contribution in [0, 0.1) is 0 Å². The quantitative estimate of drug-likeness (QED) is 0.769. The molecule has 1 aliphatic rings. The van der Waals surface area contributed by atoms with E-state index in [4.69, 9.17) is 5.73 Å². The van der Waals surface area contributed by atoms with Gasteiger partial charge in [0.25, 0.3) is 0 Å². The van der Waals surface area contributed by atoms with E-state index in [0.717, 1.165) is 0 Å². The van der Waals surface area contributed by atoms with Crippen LogP contribution in [-0.2, 0) is 14.8 Å². The largest absolute Gasteiger partial charge is 0.465 e. The average molecular weight is 270 g/mol. The molecule has 2 rings (SSSR count). The molecule has 0 amide bonds. The monoisotopic (exact) mass is 270 g/mol. The van der Waals surface area contributed by atoms with Crippen LogP contribution in [-0.4, -0.2) is 44.9 Å². The number of hydrogen-bond donors (Lipinski definition) is 1. The first-order chi connectivity index (χ1) is 8.45. The lowest BCUT2D eigenvalue weighted by atomic mass is 10.2. The van der Waals surface area contributed by atoms with Gasteiger partial charge in [-0.3, -0.25) is 0 Å². The Hall–Kier alpha value is -1.44. The molecule has 1 aliphatic heterocycles. The van der Waals surface area contributed by atoms with Gasteiger partial charge >= 0.3 is 5.97 Å². The van der Waals surface area contributed by atoms with E-state index >= 15 is 0 Å². The maximum absolute atomic E-state index is 12.1. The molecule has 18 heavy (non-hydrogen) atoms. The van der Waals surface area contributed by atoms with Crippen LogP contribution in [0.3, 0.4) is 0 Å². The highest BCUT2D eigenvalue weighted by atomic mass is 32.2. The minimum atomic E-state index is -3.55. The molecule has 0 bridgehead atoms. The van der Waals surface area contributed by atoms with Gasteiger partial charge in [0.1, 0.15) is 0 Å². The standard InChI is InChI=1S/C11H14N2O4S/c1-17-11(14)8-3-2-4-10(5-8)18(15,16)13-6-9(12)7-13/h2-5,9H,6-7,12H2,1H3. The van der Waals surface area contributed by atoms with E-state index in [1.54, 1.807) is 0 Å². The average Bonchev–Trinajstić information content (AvgIpc) is 2.34. The molecule has 2 N–H and O–H groups in total. The van der Waals surface area contributed by atoms with Crippen LogP contribution in [0.1, 0.15) is 10.4 Å². The number of carbonyl (C=O) groups excluding carboxylic acids is 1. The summed E-state index contributed by atoms with van der Waals surface area (Å²) in [6, 6.07) is 5.67. The summed E-state index contributed by atoms with van der Waals surface area (Å²) in [7, 11) is -2.31. The number of rotatable bonds is 3. The van der Waals surface area contributed by atoms with Gasteiger partial charge < -0.3 is 10.5 Å². The van der Waals surface area contributed by atoms with E-state index < -0.39 is 16.0 Å². The minimum Gasteiger partial charge on any atom is -0.465 e. The third-order valence-corrected chi connectivity index (χ3v) is 4.60. The molecule has 0 unspecified atom stereocenters. The van der Waals surface area contributed by atoms with Crippen molar-refractivity contribution in [2.75, 3.05) is 20.2 Å². The fourth-order valence-corrected chi connectivity index (χ4v) is 3.32. The molecule has 98 valence electrons. The Morgan fingerprint density at radius 1 is 1.44 bits per heavy atom. The molecule has 1 aromatic carbocycles. The lowest BCUT2D eigenvalue weighted by molar-refractivity contribution is 0.0600. The zero-order valence-electron chi connectivity index (χ0n) is 9.87. The Morgan fingerprint density at radius 2 is 2.11 bits per heavy atom. The molecule has 0 aromatic heterocycles. The summed E-state index contributed by atoms with van der Waals surface area (Å²) >= 11 is 0. The van der Waals surface area contributed by atoms with Crippen molar-refractivity contribution in [2.45, 2.75) is 10.9 Å². The highest BCUT2D eigenvalue weighted by Crippen LogP contribution is 2.21. The Balaban J connectivity index is 2.31. The van der Waals surface area contributed by atoms with Crippen LogP contribution >= 0.6 is 0 Å². The lowest BCUT2D eigenvalue weighted by Gasteiger charge is -2.35. The van der Waals surface area contributed by atoms with Crippen molar-refractivity contribution in [2.24, 2.45) is 5.73 Å². The third-order valence-electron chi connectivity index (χ3n) is 2.77. The molecule has 1 heterocycles. The molecular formula is C11H14N2O4S. The molecule has 1 fully saturated rings. The highest BCUT2D eigenvalue weighted by molar-refractivity contribution is 7.89. The third kappa shape index (κ3) is 2.24. The zero-order valence-corrected chi connectivity index (χ0v) is 10.7. The van der Waals surface area contributed by atoms with Crippen molar-refractivity contribution >= 4 is 16.0 Å². The topological polar surface area (TPSA) is 89.7 Å². The van der Waals surface area contributed by atoms with Crippen molar-refractivity contribution in [3.63, 3.8) is 0 Å². The first kappa shape index (κ1) is 13.0. The Kier molecular flexibility index (Phi) is 3.38. The molecule has 6 nitrogen and oxygen atoms in total. The van der Waals surface area contributed by atoms with Crippen LogP contribution in [0.15, 0.2) is 29.2 Å². The summed E-state index contributed by atoms with van der Waals surface area (Å²) in [5.41, 5.74) is 5.77.